The Morgan fingerprint density at radius 1 is 1.23 bits per heavy atom. The van der Waals surface area contributed by atoms with Crippen LogP contribution in [-0.2, 0) is 9.59 Å². The average molecular weight is 425 g/mol. The molecule has 1 unspecified atom stereocenters. The highest BCUT2D eigenvalue weighted by molar-refractivity contribution is 6.07. The van der Waals surface area contributed by atoms with Crippen molar-refractivity contribution in [1.29, 1.82) is 0 Å². The average Bonchev–Trinajstić information content (AvgIpc) is 2.72. The van der Waals surface area contributed by atoms with Crippen molar-refractivity contribution in [3.05, 3.63) is 57.6 Å². The molecular weight excluding hydrogens is 402 g/mol. The van der Waals surface area contributed by atoms with Crippen molar-refractivity contribution < 1.29 is 24.0 Å². The Kier molecular flexibility index (Phi) is 6.33. The van der Waals surface area contributed by atoms with Crippen LogP contribution in [-0.4, -0.2) is 35.2 Å². The van der Waals surface area contributed by atoms with Gasteiger partial charge in [0.25, 0.3) is 11.6 Å². The van der Waals surface area contributed by atoms with E-state index < -0.39 is 22.8 Å². The number of nitrogens with zero attached hydrogens (tertiary/aromatic N) is 2. The number of anilines is 2. The standard InChI is InChI=1S/C22H23N3O6/c1-4-5-19(26)15-7-9-20-18(10-15)24(22(28)14(3)31-20)12-21(27)23-17-11-16(25(29)30)8-6-13(17)2/h6-11,14H,4-5,12H2,1-3H3,(H,23,27). The minimum Gasteiger partial charge on any atom is -0.479 e. The summed E-state index contributed by atoms with van der Waals surface area (Å²) in [6.45, 7) is 4.86. The lowest BCUT2D eigenvalue weighted by Crippen LogP contribution is -2.47. The summed E-state index contributed by atoms with van der Waals surface area (Å²) in [4.78, 5) is 49.5. The summed E-state index contributed by atoms with van der Waals surface area (Å²) in [5, 5.41) is 13.6. The number of benzene rings is 2. The number of amides is 2. The van der Waals surface area contributed by atoms with Gasteiger partial charge in [0.2, 0.25) is 5.91 Å². The molecule has 1 aliphatic rings. The highest BCUT2D eigenvalue weighted by atomic mass is 16.6. The van der Waals surface area contributed by atoms with Gasteiger partial charge in [-0.15, -0.1) is 0 Å². The number of carbonyl (C=O) groups excluding carboxylic acids is 3. The number of nitro groups is 1. The maximum Gasteiger partial charge on any atom is 0.271 e. The van der Waals surface area contributed by atoms with Gasteiger partial charge in [-0.25, -0.2) is 0 Å². The smallest absolute Gasteiger partial charge is 0.271 e. The molecule has 0 spiro atoms. The van der Waals surface area contributed by atoms with Crippen LogP contribution in [0.25, 0.3) is 0 Å². The van der Waals surface area contributed by atoms with Gasteiger partial charge in [0.05, 0.1) is 16.3 Å². The highest BCUT2D eigenvalue weighted by Gasteiger charge is 2.33. The molecule has 2 aromatic rings. The third kappa shape index (κ3) is 4.71. The van der Waals surface area contributed by atoms with Gasteiger partial charge in [-0.2, -0.15) is 0 Å². The van der Waals surface area contributed by atoms with Gasteiger partial charge in [0, 0.05) is 24.1 Å². The second-order valence-electron chi connectivity index (χ2n) is 7.34. The molecular formula is C22H23N3O6. The zero-order chi connectivity index (χ0) is 22.7. The first-order chi connectivity index (χ1) is 14.7. The summed E-state index contributed by atoms with van der Waals surface area (Å²) in [5.41, 5.74) is 1.57. The minimum atomic E-state index is -0.794. The number of hydrogen-bond donors (Lipinski definition) is 1. The molecule has 0 radical (unpaired) electrons. The van der Waals surface area contributed by atoms with Crippen molar-refractivity contribution in [3.8, 4) is 5.75 Å². The van der Waals surface area contributed by atoms with E-state index in [-0.39, 0.29) is 18.0 Å². The zero-order valence-electron chi connectivity index (χ0n) is 17.5. The van der Waals surface area contributed by atoms with Crippen molar-refractivity contribution in [2.75, 3.05) is 16.8 Å². The van der Waals surface area contributed by atoms with E-state index in [1.165, 1.54) is 23.1 Å². The normalized spacial score (nSPS) is 15.1. The predicted octanol–water partition coefficient (Wildman–Crippen LogP) is 3.64. The summed E-state index contributed by atoms with van der Waals surface area (Å²) >= 11 is 0. The summed E-state index contributed by atoms with van der Waals surface area (Å²) in [5.74, 6) is -0.603. The first-order valence-corrected chi connectivity index (χ1v) is 9.91. The quantitative estimate of drug-likeness (QED) is 0.411. The lowest BCUT2D eigenvalue weighted by Gasteiger charge is -2.33. The molecule has 0 saturated carbocycles. The van der Waals surface area contributed by atoms with E-state index >= 15 is 0 Å². The fourth-order valence-corrected chi connectivity index (χ4v) is 3.31. The predicted molar refractivity (Wildman–Crippen MR) is 115 cm³/mol. The number of Topliss-reactive ketones (excluding diaryl/α,β-unsaturated/α-hetero) is 1. The van der Waals surface area contributed by atoms with Crippen LogP contribution in [0.3, 0.4) is 0 Å². The molecule has 1 N–H and O–H groups in total. The maximum absolute atomic E-state index is 12.7. The Morgan fingerprint density at radius 3 is 2.65 bits per heavy atom. The minimum absolute atomic E-state index is 0.0620. The summed E-state index contributed by atoms with van der Waals surface area (Å²) in [6, 6.07) is 8.98. The first kappa shape index (κ1) is 21.9. The van der Waals surface area contributed by atoms with Crippen LogP contribution in [0.2, 0.25) is 0 Å². The van der Waals surface area contributed by atoms with Gasteiger partial charge in [-0.3, -0.25) is 29.4 Å². The molecule has 0 aliphatic carbocycles. The molecule has 9 heteroatoms. The van der Waals surface area contributed by atoms with Crippen LogP contribution < -0.4 is 15.0 Å². The van der Waals surface area contributed by atoms with E-state index in [1.807, 2.05) is 6.92 Å². The van der Waals surface area contributed by atoms with Crippen molar-refractivity contribution in [2.24, 2.45) is 0 Å². The third-order valence-electron chi connectivity index (χ3n) is 4.97. The summed E-state index contributed by atoms with van der Waals surface area (Å²) < 4.78 is 5.62. The number of ether oxygens (including phenoxy) is 1. The van der Waals surface area contributed by atoms with E-state index in [2.05, 4.69) is 5.32 Å². The molecule has 2 amide bonds. The molecule has 9 nitrogen and oxygen atoms in total. The third-order valence-corrected chi connectivity index (χ3v) is 4.97. The molecule has 31 heavy (non-hydrogen) atoms. The zero-order valence-corrected chi connectivity index (χ0v) is 17.5. The number of hydrogen-bond acceptors (Lipinski definition) is 6. The monoisotopic (exact) mass is 425 g/mol. The molecule has 0 aromatic heterocycles. The molecule has 2 aromatic carbocycles. The van der Waals surface area contributed by atoms with Gasteiger partial charge in [0.15, 0.2) is 11.9 Å². The molecule has 3 rings (SSSR count). The molecule has 0 bridgehead atoms. The number of aryl methyl sites for hydroxylation is 1. The highest BCUT2D eigenvalue weighted by Crippen LogP contribution is 2.35. The van der Waals surface area contributed by atoms with E-state index in [1.54, 1.807) is 32.0 Å². The van der Waals surface area contributed by atoms with Crippen LogP contribution >= 0.6 is 0 Å². The Labute approximate surface area is 179 Å². The van der Waals surface area contributed by atoms with Crippen LogP contribution in [0.15, 0.2) is 36.4 Å². The van der Waals surface area contributed by atoms with Gasteiger partial charge < -0.3 is 10.1 Å². The fraction of sp³-hybridized carbons (Fsp3) is 0.318. The molecule has 162 valence electrons. The van der Waals surface area contributed by atoms with E-state index in [0.29, 0.717) is 41.1 Å². The molecule has 1 aliphatic heterocycles. The van der Waals surface area contributed by atoms with Crippen molar-refractivity contribution in [1.82, 2.24) is 0 Å². The SMILES string of the molecule is CCCC(=O)c1ccc2c(c1)N(CC(=O)Nc1cc([N+](=O)[O-])ccc1C)C(=O)C(C)O2. The van der Waals surface area contributed by atoms with Crippen LogP contribution in [0.1, 0.15) is 42.6 Å². The number of rotatable bonds is 7. The Balaban J connectivity index is 1.87. The lowest BCUT2D eigenvalue weighted by molar-refractivity contribution is -0.384. The van der Waals surface area contributed by atoms with Crippen LogP contribution in [0.5, 0.6) is 5.75 Å². The van der Waals surface area contributed by atoms with Gasteiger partial charge in [0.1, 0.15) is 12.3 Å². The van der Waals surface area contributed by atoms with Gasteiger partial charge in [-0.05, 0) is 44.0 Å². The lowest BCUT2D eigenvalue weighted by atomic mass is 10.0. The van der Waals surface area contributed by atoms with Crippen molar-refractivity contribution in [2.45, 2.75) is 39.7 Å². The molecule has 1 atom stereocenters. The number of ketones is 1. The Morgan fingerprint density at radius 2 is 1.97 bits per heavy atom. The molecule has 0 saturated heterocycles. The van der Waals surface area contributed by atoms with E-state index in [9.17, 15) is 24.5 Å². The molecule has 1 heterocycles. The number of fused-ring (bicyclic) bond motifs is 1. The first-order valence-electron chi connectivity index (χ1n) is 9.91. The van der Waals surface area contributed by atoms with E-state index in [0.717, 1.165) is 0 Å². The fourth-order valence-electron chi connectivity index (χ4n) is 3.31. The summed E-state index contributed by atoms with van der Waals surface area (Å²) in [6.07, 6.45) is 0.269. The largest absolute Gasteiger partial charge is 0.479 e. The second-order valence-corrected chi connectivity index (χ2v) is 7.34. The van der Waals surface area contributed by atoms with Crippen molar-refractivity contribution in [3.63, 3.8) is 0 Å². The number of nitrogens with one attached hydrogen (secondary N) is 1. The second kappa shape index (κ2) is 8.95. The number of non-ortho nitro benzene ring substituents is 1. The Bertz CT molecular complexity index is 1070. The van der Waals surface area contributed by atoms with E-state index in [4.69, 9.17) is 4.74 Å². The Hall–Kier alpha value is -3.75. The van der Waals surface area contributed by atoms with Crippen molar-refractivity contribution >= 4 is 34.7 Å². The number of nitro benzene ring substituents is 1. The van der Waals surface area contributed by atoms with Crippen LogP contribution in [0, 0.1) is 17.0 Å². The molecule has 0 fully saturated rings. The van der Waals surface area contributed by atoms with Gasteiger partial charge in [-0.1, -0.05) is 13.0 Å². The maximum atomic E-state index is 12.7. The van der Waals surface area contributed by atoms with Crippen LogP contribution in [0.4, 0.5) is 17.1 Å². The van der Waals surface area contributed by atoms with Gasteiger partial charge >= 0.3 is 0 Å². The topological polar surface area (TPSA) is 119 Å². The number of carbonyl (C=O) groups is 3. The summed E-state index contributed by atoms with van der Waals surface area (Å²) in [7, 11) is 0.